The molecule has 0 aromatic heterocycles. The van der Waals surface area contributed by atoms with E-state index in [9.17, 15) is 20.1 Å². The van der Waals surface area contributed by atoms with Crippen molar-refractivity contribution in [3.8, 4) is 0 Å². The molecule has 0 bridgehead atoms. The molecule has 0 spiro atoms. The van der Waals surface area contributed by atoms with Crippen LogP contribution < -0.4 is 0 Å². The topological polar surface area (TPSA) is 87.0 Å². The second kappa shape index (κ2) is 7.57. The summed E-state index contributed by atoms with van der Waals surface area (Å²) in [5.41, 5.74) is -0.968. The van der Waals surface area contributed by atoms with Crippen LogP contribution in [0, 0.1) is 50.7 Å². The lowest BCUT2D eigenvalue weighted by Gasteiger charge is -2.70. The van der Waals surface area contributed by atoms with Gasteiger partial charge in [0, 0.05) is 12.3 Å². The van der Waals surface area contributed by atoms with Gasteiger partial charge in [0.1, 0.15) is 0 Å². The van der Waals surface area contributed by atoms with Crippen LogP contribution in [-0.4, -0.2) is 39.8 Å². The predicted octanol–water partition coefficient (Wildman–Crippen LogP) is 5.79. The van der Waals surface area contributed by atoms with Crippen LogP contribution in [0.5, 0.6) is 0 Å². The Morgan fingerprint density at radius 2 is 1.69 bits per heavy atom. The van der Waals surface area contributed by atoms with E-state index >= 15 is 0 Å². The van der Waals surface area contributed by atoms with E-state index < -0.39 is 23.3 Å². The maximum Gasteiger partial charge on any atom is 0.310 e. The summed E-state index contributed by atoms with van der Waals surface area (Å²) < 4.78 is 5.91. The van der Waals surface area contributed by atoms with Gasteiger partial charge in [0.25, 0.3) is 0 Å². The highest BCUT2D eigenvalue weighted by Crippen LogP contribution is 2.75. The van der Waals surface area contributed by atoms with Crippen molar-refractivity contribution in [1.82, 2.24) is 0 Å². The molecule has 35 heavy (non-hydrogen) atoms. The van der Waals surface area contributed by atoms with Gasteiger partial charge in [-0.25, -0.2) is 0 Å². The molecule has 198 valence electrons. The fourth-order valence-electron chi connectivity index (χ4n) is 10.6. The quantitative estimate of drug-likeness (QED) is 0.407. The molecule has 1 heterocycles. The average Bonchev–Trinajstić information content (AvgIpc) is 2.84. The van der Waals surface area contributed by atoms with Gasteiger partial charge in [-0.1, -0.05) is 53.2 Å². The van der Waals surface area contributed by atoms with E-state index in [1.54, 1.807) is 0 Å². The second-order valence-electron chi connectivity index (χ2n) is 14.8. The molecule has 10 atom stereocenters. The SMILES string of the molecule is C[C@@H]1CC[C@]2(C(=O)O)CC[C@]3(C)C(=CCC4[C@@]5(C)C[C@@H](O)OCC(C)(C)C5CC[C@]43C)C2[C@]1(C)O. The summed E-state index contributed by atoms with van der Waals surface area (Å²) in [6.45, 7) is 16.4. The van der Waals surface area contributed by atoms with Crippen molar-refractivity contribution in [2.45, 2.75) is 112 Å². The van der Waals surface area contributed by atoms with E-state index in [2.05, 4.69) is 47.6 Å². The standard InChI is InChI=1S/C30H48O5/c1-18-10-13-30(24(32)33)15-14-27(5)19(23(30)29(18,7)34)8-9-21-26(4)16-22(31)35-17-25(2,3)20(26)11-12-28(21,27)6/h8,18,20-23,31,34H,9-17H2,1-7H3,(H,32,33)/t18-,20?,21?,22+,23?,26+,27-,28-,29-,30+/m1/s1. The molecule has 3 N–H and O–H groups in total. The van der Waals surface area contributed by atoms with Gasteiger partial charge in [-0.3, -0.25) is 4.79 Å². The number of fused-ring (bicyclic) bond motifs is 7. The Balaban J connectivity index is 1.65. The number of hydrogen-bond donors (Lipinski definition) is 3. The van der Waals surface area contributed by atoms with E-state index in [4.69, 9.17) is 4.74 Å². The third kappa shape index (κ3) is 3.13. The highest BCUT2D eigenvalue weighted by atomic mass is 16.6. The van der Waals surface area contributed by atoms with E-state index in [0.29, 0.717) is 37.7 Å². The fraction of sp³-hybridized carbons (Fsp3) is 0.900. The van der Waals surface area contributed by atoms with E-state index in [1.165, 1.54) is 5.57 Å². The molecule has 0 amide bonds. The first kappa shape index (κ1) is 25.7. The second-order valence-corrected chi connectivity index (χ2v) is 14.8. The van der Waals surface area contributed by atoms with Crippen molar-refractivity contribution in [2.24, 2.45) is 50.7 Å². The van der Waals surface area contributed by atoms with Crippen LogP contribution in [0.2, 0.25) is 0 Å². The van der Waals surface area contributed by atoms with Gasteiger partial charge in [-0.15, -0.1) is 0 Å². The number of carboxylic acids is 1. The highest BCUT2D eigenvalue weighted by molar-refractivity contribution is 5.77. The van der Waals surface area contributed by atoms with Crippen LogP contribution >= 0.6 is 0 Å². The number of allylic oxidation sites excluding steroid dienone is 1. The van der Waals surface area contributed by atoms with E-state index in [0.717, 1.165) is 32.1 Å². The normalized spacial score (nSPS) is 55.3. The summed E-state index contributed by atoms with van der Waals surface area (Å²) in [6, 6.07) is 0. The van der Waals surface area contributed by atoms with Gasteiger partial charge in [-0.05, 0) is 91.3 Å². The Bertz CT molecular complexity index is 937. The molecule has 4 aliphatic carbocycles. The number of carbonyl (C=O) groups is 1. The number of carboxylic acid groups (broad SMARTS) is 1. The molecule has 3 unspecified atom stereocenters. The van der Waals surface area contributed by atoms with Crippen molar-refractivity contribution < 1.29 is 24.9 Å². The molecule has 3 saturated carbocycles. The molecule has 1 saturated heterocycles. The predicted molar refractivity (Wildman–Crippen MR) is 135 cm³/mol. The molecular weight excluding hydrogens is 440 g/mol. The third-order valence-electron chi connectivity index (χ3n) is 13.0. The highest BCUT2D eigenvalue weighted by Gasteiger charge is 2.71. The lowest BCUT2D eigenvalue weighted by atomic mass is 9.34. The van der Waals surface area contributed by atoms with Crippen LogP contribution in [0.3, 0.4) is 0 Å². The number of rotatable bonds is 1. The van der Waals surface area contributed by atoms with Crippen molar-refractivity contribution in [3.63, 3.8) is 0 Å². The number of ether oxygens (including phenoxy) is 1. The lowest BCUT2D eigenvalue weighted by molar-refractivity contribution is -0.204. The maximum absolute atomic E-state index is 12.9. The van der Waals surface area contributed by atoms with Gasteiger partial charge < -0.3 is 20.1 Å². The molecule has 5 aliphatic rings. The van der Waals surface area contributed by atoms with Crippen LogP contribution in [0.15, 0.2) is 11.6 Å². The molecule has 0 aromatic carbocycles. The molecule has 5 rings (SSSR count). The zero-order valence-electron chi connectivity index (χ0n) is 23.0. The van der Waals surface area contributed by atoms with Gasteiger partial charge in [0.2, 0.25) is 0 Å². The number of aliphatic hydroxyl groups is 2. The van der Waals surface area contributed by atoms with Crippen molar-refractivity contribution in [3.05, 3.63) is 11.6 Å². The van der Waals surface area contributed by atoms with Gasteiger partial charge >= 0.3 is 5.97 Å². The minimum Gasteiger partial charge on any atom is -0.481 e. The number of hydrogen-bond acceptors (Lipinski definition) is 4. The molecule has 4 fully saturated rings. The van der Waals surface area contributed by atoms with Crippen LogP contribution in [0.1, 0.15) is 99.8 Å². The Morgan fingerprint density at radius 3 is 2.34 bits per heavy atom. The summed E-state index contributed by atoms with van der Waals surface area (Å²) in [6.07, 6.45) is 8.22. The molecular formula is C30H48O5. The van der Waals surface area contributed by atoms with Crippen molar-refractivity contribution >= 4 is 5.97 Å². The van der Waals surface area contributed by atoms with Gasteiger partial charge in [-0.2, -0.15) is 0 Å². The molecule has 5 heteroatoms. The largest absolute Gasteiger partial charge is 0.481 e. The smallest absolute Gasteiger partial charge is 0.310 e. The Morgan fingerprint density at radius 1 is 1.00 bits per heavy atom. The maximum atomic E-state index is 12.9. The first-order valence-electron chi connectivity index (χ1n) is 14.0. The van der Waals surface area contributed by atoms with Crippen LogP contribution in [0.25, 0.3) is 0 Å². The van der Waals surface area contributed by atoms with Crippen molar-refractivity contribution in [2.75, 3.05) is 6.61 Å². The van der Waals surface area contributed by atoms with Gasteiger partial charge in [0.15, 0.2) is 6.29 Å². The first-order valence-corrected chi connectivity index (χ1v) is 14.0. The molecule has 0 aromatic rings. The molecule has 1 aliphatic heterocycles. The molecule has 5 nitrogen and oxygen atoms in total. The number of aliphatic hydroxyl groups excluding tert-OH is 1. The third-order valence-corrected chi connectivity index (χ3v) is 13.0. The zero-order chi connectivity index (χ0) is 25.8. The lowest BCUT2D eigenvalue weighted by Crippen LogP contribution is -2.66. The van der Waals surface area contributed by atoms with E-state index in [1.807, 2.05) is 6.92 Å². The number of aliphatic carboxylic acids is 1. The summed E-state index contributed by atoms with van der Waals surface area (Å²) in [5.74, 6) is -0.175. The minimum absolute atomic E-state index is 0.00798. The van der Waals surface area contributed by atoms with E-state index in [-0.39, 0.29) is 33.5 Å². The summed E-state index contributed by atoms with van der Waals surface area (Å²) in [7, 11) is 0. The average molecular weight is 489 g/mol. The van der Waals surface area contributed by atoms with Crippen molar-refractivity contribution in [1.29, 1.82) is 0 Å². The first-order chi connectivity index (χ1) is 16.1. The summed E-state index contributed by atoms with van der Waals surface area (Å²) >= 11 is 0. The summed E-state index contributed by atoms with van der Waals surface area (Å²) in [5, 5.41) is 33.3. The monoisotopic (exact) mass is 488 g/mol. The van der Waals surface area contributed by atoms with Crippen LogP contribution in [-0.2, 0) is 9.53 Å². The van der Waals surface area contributed by atoms with Gasteiger partial charge in [0.05, 0.1) is 17.6 Å². The van der Waals surface area contributed by atoms with Crippen LogP contribution in [0.4, 0.5) is 0 Å². The molecule has 0 radical (unpaired) electrons. The zero-order valence-corrected chi connectivity index (χ0v) is 23.0. The Kier molecular flexibility index (Phi) is 5.56. The Labute approximate surface area is 211 Å². The Hall–Kier alpha value is -0.910. The summed E-state index contributed by atoms with van der Waals surface area (Å²) in [4.78, 5) is 12.9. The minimum atomic E-state index is -1.04. The fourth-order valence-corrected chi connectivity index (χ4v) is 10.6.